The van der Waals surface area contributed by atoms with Gasteiger partial charge in [-0.25, -0.2) is 0 Å². The van der Waals surface area contributed by atoms with Crippen LogP contribution in [0, 0.1) is 11.8 Å². The Morgan fingerprint density at radius 2 is 1.93 bits per heavy atom. The molecule has 0 unspecified atom stereocenters. The molecule has 0 amide bonds. The Balaban J connectivity index is 2.20. The highest BCUT2D eigenvalue weighted by atomic mass is 16.5. The minimum absolute atomic E-state index is 0.000980. The molecule has 0 bridgehead atoms. The molecule has 0 aromatic rings. The van der Waals surface area contributed by atoms with E-state index in [-0.39, 0.29) is 11.9 Å². The first-order valence-electron chi connectivity index (χ1n) is 5.85. The molecule has 1 aliphatic carbocycles. The average Bonchev–Trinajstić information content (AvgIpc) is 2.26. The molecule has 1 rings (SSSR count). The molecule has 1 aliphatic rings. The van der Waals surface area contributed by atoms with Crippen LogP contribution < -0.4 is 0 Å². The molecule has 1 saturated carbocycles. The zero-order valence-electron chi connectivity index (χ0n) is 9.42. The van der Waals surface area contributed by atoms with Gasteiger partial charge in [-0.15, -0.1) is 0 Å². The molecule has 0 aromatic heterocycles. The van der Waals surface area contributed by atoms with E-state index in [9.17, 15) is 4.79 Å². The van der Waals surface area contributed by atoms with Crippen molar-refractivity contribution in [3.05, 3.63) is 0 Å². The molecule has 0 atom stereocenters. The molecule has 0 aromatic carbocycles. The van der Waals surface area contributed by atoms with Gasteiger partial charge < -0.3 is 4.74 Å². The Morgan fingerprint density at radius 3 is 2.43 bits per heavy atom. The van der Waals surface area contributed by atoms with Crippen molar-refractivity contribution in [2.45, 2.75) is 51.9 Å². The summed E-state index contributed by atoms with van der Waals surface area (Å²) < 4.78 is 4.77. The van der Waals surface area contributed by atoms with Crippen molar-refractivity contribution in [1.82, 2.24) is 0 Å². The van der Waals surface area contributed by atoms with Crippen LogP contribution in [0.3, 0.4) is 0 Å². The Labute approximate surface area is 87.0 Å². The minimum atomic E-state index is -0.000980. The van der Waals surface area contributed by atoms with Gasteiger partial charge >= 0.3 is 5.97 Å². The van der Waals surface area contributed by atoms with Crippen molar-refractivity contribution in [3.63, 3.8) is 0 Å². The number of unbranched alkanes of at least 4 members (excludes halogenated alkanes) is 1. The number of hydrogen-bond donors (Lipinski definition) is 0. The molecule has 0 aliphatic heterocycles. The number of carbonyl (C=O) groups is 1. The Bertz CT molecular complexity index is 169. The maximum absolute atomic E-state index is 11.3. The van der Waals surface area contributed by atoms with Crippen LogP contribution in [0.5, 0.6) is 0 Å². The number of rotatable bonds is 4. The van der Waals surface area contributed by atoms with E-state index in [1.54, 1.807) is 0 Å². The fourth-order valence-electron chi connectivity index (χ4n) is 2.35. The smallest absolute Gasteiger partial charge is 0.308 e. The van der Waals surface area contributed by atoms with Crippen molar-refractivity contribution >= 4 is 5.97 Å². The van der Waals surface area contributed by atoms with Crippen molar-refractivity contribution in [1.29, 1.82) is 0 Å². The normalized spacial score (nSPS) is 27.3. The first kappa shape index (κ1) is 11.5. The SMILES string of the molecule is CCCCC1CCC(C(=O)OC)CC1. The zero-order chi connectivity index (χ0) is 10.4. The third kappa shape index (κ3) is 3.32. The first-order valence-corrected chi connectivity index (χ1v) is 5.85. The molecule has 0 saturated heterocycles. The highest BCUT2D eigenvalue weighted by Crippen LogP contribution is 2.32. The molecule has 0 heterocycles. The van der Waals surface area contributed by atoms with Gasteiger partial charge in [0.1, 0.15) is 0 Å². The number of ether oxygens (including phenoxy) is 1. The minimum Gasteiger partial charge on any atom is -0.469 e. The van der Waals surface area contributed by atoms with E-state index in [2.05, 4.69) is 6.92 Å². The Morgan fingerprint density at radius 1 is 1.29 bits per heavy atom. The number of carbonyl (C=O) groups excluding carboxylic acids is 1. The lowest BCUT2D eigenvalue weighted by atomic mass is 9.80. The summed E-state index contributed by atoms with van der Waals surface area (Å²) in [7, 11) is 1.49. The van der Waals surface area contributed by atoms with Crippen LogP contribution in [0.2, 0.25) is 0 Å². The molecule has 14 heavy (non-hydrogen) atoms. The van der Waals surface area contributed by atoms with Crippen LogP contribution >= 0.6 is 0 Å². The van der Waals surface area contributed by atoms with Crippen LogP contribution in [0.15, 0.2) is 0 Å². The van der Waals surface area contributed by atoms with E-state index in [0.717, 1.165) is 18.8 Å². The van der Waals surface area contributed by atoms with Gasteiger partial charge in [0, 0.05) is 0 Å². The maximum Gasteiger partial charge on any atom is 0.308 e. The highest BCUT2D eigenvalue weighted by molar-refractivity contribution is 5.72. The third-order valence-electron chi connectivity index (χ3n) is 3.35. The van der Waals surface area contributed by atoms with Crippen LogP contribution in [0.1, 0.15) is 51.9 Å². The summed E-state index contributed by atoms with van der Waals surface area (Å²) in [6.45, 7) is 2.24. The predicted octanol–water partition coefficient (Wildman–Crippen LogP) is 3.16. The zero-order valence-corrected chi connectivity index (χ0v) is 9.42. The number of methoxy groups -OCH3 is 1. The van der Waals surface area contributed by atoms with Gasteiger partial charge in [-0.1, -0.05) is 26.2 Å². The summed E-state index contributed by atoms with van der Waals surface area (Å²) in [6, 6.07) is 0. The molecular weight excluding hydrogens is 176 g/mol. The van der Waals surface area contributed by atoms with E-state index in [0.29, 0.717) is 0 Å². The van der Waals surface area contributed by atoms with Crippen molar-refractivity contribution in [2.75, 3.05) is 7.11 Å². The van der Waals surface area contributed by atoms with E-state index in [4.69, 9.17) is 4.74 Å². The Kier molecular flexibility index (Phi) is 4.99. The van der Waals surface area contributed by atoms with Crippen molar-refractivity contribution < 1.29 is 9.53 Å². The second-order valence-corrected chi connectivity index (χ2v) is 4.38. The molecule has 0 spiro atoms. The third-order valence-corrected chi connectivity index (χ3v) is 3.35. The fraction of sp³-hybridized carbons (Fsp3) is 0.917. The fourth-order valence-corrected chi connectivity index (χ4v) is 2.35. The number of hydrogen-bond acceptors (Lipinski definition) is 2. The summed E-state index contributed by atoms with van der Waals surface area (Å²) in [5.74, 6) is 1.06. The van der Waals surface area contributed by atoms with E-state index in [1.807, 2.05) is 0 Å². The van der Waals surface area contributed by atoms with E-state index >= 15 is 0 Å². The standard InChI is InChI=1S/C12H22O2/c1-3-4-5-10-6-8-11(9-7-10)12(13)14-2/h10-11H,3-9H2,1-2H3. The molecular formula is C12H22O2. The lowest BCUT2D eigenvalue weighted by Crippen LogP contribution is -2.22. The van der Waals surface area contributed by atoms with Crippen molar-refractivity contribution in [3.8, 4) is 0 Å². The van der Waals surface area contributed by atoms with Crippen LogP contribution in [0.4, 0.5) is 0 Å². The Hall–Kier alpha value is -0.530. The van der Waals surface area contributed by atoms with Gasteiger partial charge in [0.25, 0.3) is 0 Å². The summed E-state index contributed by atoms with van der Waals surface area (Å²) in [5.41, 5.74) is 0. The predicted molar refractivity (Wildman–Crippen MR) is 57.0 cm³/mol. The van der Waals surface area contributed by atoms with Crippen LogP contribution in [-0.4, -0.2) is 13.1 Å². The average molecular weight is 198 g/mol. The topological polar surface area (TPSA) is 26.3 Å². The lowest BCUT2D eigenvalue weighted by molar-refractivity contribution is -0.146. The highest BCUT2D eigenvalue weighted by Gasteiger charge is 2.26. The van der Waals surface area contributed by atoms with Gasteiger partial charge in [-0.05, 0) is 31.6 Å². The monoisotopic (exact) mass is 198 g/mol. The molecule has 0 N–H and O–H groups in total. The van der Waals surface area contributed by atoms with Crippen LogP contribution in [-0.2, 0) is 9.53 Å². The van der Waals surface area contributed by atoms with Gasteiger partial charge in [0.2, 0.25) is 0 Å². The molecule has 0 radical (unpaired) electrons. The summed E-state index contributed by atoms with van der Waals surface area (Å²) in [6.07, 6.45) is 8.51. The maximum atomic E-state index is 11.3. The van der Waals surface area contributed by atoms with Crippen molar-refractivity contribution in [2.24, 2.45) is 11.8 Å². The van der Waals surface area contributed by atoms with E-state index in [1.165, 1.54) is 39.2 Å². The first-order chi connectivity index (χ1) is 6.77. The second kappa shape index (κ2) is 6.05. The number of esters is 1. The largest absolute Gasteiger partial charge is 0.469 e. The van der Waals surface area contributed by atoms with E-state index < -0.39 is 0 Å². The summed E-state index contributed by atoms with van der Waals surface area (Å²) >= 11 is 0. The quantitative estimate of drug-likeness (QED) is 0.649. The molecule has 82 valence electrons. The summed E-state index contributed by atoms with van der Waals surface area (Å²) in [4.78, 5) is 11.3. The van der Waals surface area contributed by atoms with Gasteiger partial charge in [0.15, 0.2) is 0 Å². The lowest BCUT2D eigenvalue weighted by Gasteiger charge is -2.26. The van der Waals surface area contributed by atoms with Crippen LogP contribution in [0.25, 0.3) is 0 Å². The molecule has 1 fully saturated rings. The van der Waals surface area contributed by atoms with Gasteiger partial charge in [-0.2, -0.15) is 0 Å². The van der Waals surface area contributed by atoms with Gasteiger partial charge in [0.05, 0.1) is 13.0 Å². The second-order valence-electron chi connectivity index (χ2n) is 4.38. The summed E-state index contributed by atoms with van der Waals surface area (Å²) in [5, 5.41) is 0. The van der Waals surface area contributed by atoms with Gasteiger partial charge in [-0.3, -0.25) is 4.79 Å². The molecule has 2 nitrogen and oxygen atoms in total. The molecule has 2 heteroatoms.